The topological polar surface area (TPSA) is 97.6 Å². The first-order valence-corrected chi connectivity index (χ1v) is 7.88. The molecule has 1 saturated heterocycles. The van der Waals surface area contributed by atoms with Gasteiger partial charge in [-0.25, -0.2) is 13.1 Å². The molecule has 1 fully saturated rings. The van der Waals surface area contributed by atoms with Crippen LogP contribution < -0.4 is 10.0 Å². The molecule has 1 aliphatic heterocycles. The third kappa shape index (κ3) is 3.20. The average Bonchev–Trinajstić information content (AvgIpc) is 3.10. The molecule has 7 nitrogen and oxygen atoms in total. The van der Waals surface area contributed by atoms with Gasteiger partial charge in [-0.1, -0.05) is 0 Å². The Morgan fingerprint density at radius 1 is 1.45 bits per heavy atom. The Labute approximate surface area is 117 Å². The fraction of sp³-hybridized carbons (Fsp3) is 0.583. The smallest absolute Gasteiger partial charge is 0.287 e. The minimum atomic E-state index is -3.68. The Morgan fingerprint density at radius 3 is 2.80 bits per heavy atom. The molecule has 1 aromatic heterocycles. The number of furan rings is 1. The van der Waals surface area contributed by atoms with E-state index in [0.29, 0.717) is 6.61 Å². The highest BCUT2D eigenvalue weighted by Crippen LogP contribution is 2.17. The summed E-state index contributed by atoms with van der Waals surface area (Å²) < 4.78 is 35.7. The lowest BCUT2D eigenvalue weighted by Crippen LogP contribution is -2.40. The van der Waals surface area contributed by atoms with Crippen LogP contribution in [-0.4, -0.2) is 40.1 Å². The van der Waals surface area contributed by atoms with Crippen LogP contribution in [0.4, 0.5) is 0 Å². The quantitative estimate of drug-likeness (QED) is 0.824. The maximum atomic E-state index is 12.0. The molecule has 20 heavy (non-hydrogen) atoms. The second kappa shape index (κ2) is 5.94. The van der Waals surface area contributed by atoms with E-state index in [1.54, 1.807) is 0 Å². The molecule has 112 valence electrons. The highest BCUT2D eigenvalue weighted by atomic mass is 32.2. The van der Waals surface area contributed by atoms with Gasteiger partial charge >= 0.3 is 0 Å². The van der Waals surface area contributed by atoms with Gasteiger partial charge in [0.25, 0.3) is 15.9 Å². The number of rotatable bonds is 5. The second-order valence-electron chi connectivity index (χ2n) is 4.64. The van der Waals surface area contributed by atoms with E-state index in [1.807, 2.05) is 6.92 Å². The van der Waals surface area contributed by atoms with Crippen molar-refractivity contribution in [3.05, 3.63) is 17.9 Å². The van der Waals surface area contributed by atoms with Gasteiger partial charge in [-0.05, 0) is 38.9 Å². The van der Waals surface area contributed by atoms with Crippen LogP contribution in [0.15, 0.2) is 21.6 Å². The molecule has 2 N–H and O–H groups in total. The van der Waals surface area contributed by atoms with Gasteiger partial charge in [0.15, 0.2) is 5.76 Å². The molecule has 2 rings (SSSR count). The van der Waals surface area contributed by atoms with Crippen molar-refractivity contribution in [3.63, 3.8) is 0 Å². The summed E-state index contributed by atoms with van der Waals surface area (Å²) in [5.74, 6) is -0.491. The van der Waals surface area contributed by atoms with Crippen molar-refractivity contribution in [2.24, 2.45) is 0 Å². The maximum absolute atomic E-state index is 12.0. The Kier molecular flexibility index (Phi) is 4.46. The highest BCUT2D eigenvalue weighted by molar-refractivity contribution is 7.89. The van der Waals surface area contributed by atoms with Crippen LogP contribution in [0, 0.1) is 0 Å². The maximum Gasteiger partial charge on any atom is 0.287 e. The number of carbonyl (C=O) groups is 1. The van der Waals surface area contributed by atoms with Crippen LogP contribution in [0.25, 0.3) is 0 Å². The molecule has 1 aromatic rings. The van der Waals surface area contributed by atoms with E-state index in [0.717, 1.165) is 12.8 Å². The summed E-state index contributed by atoms with van der Waals surface area (Å²) in [6, 6.07) is 2.43. The third-order valence-electron chi connectivity index (χ3n) is 3.22. The number of amides is 1. The molecule has 2 atom stereocenters. The van der Waals surface area contributed by atoms with Crippen molar-refractivity contribution in [2.45, 2.75) is 37.0 Å². The second-order valence-corrected chi connectivity index (χ2v) is 6.46. The minimum absolute atomic E-state index is 0.00516. The van der Waals surface area contributed by atoms with E-state index < -0.39 is 15.9 Å². The van der Waals surface area contributed by atoms with E-state index in [-0.39, 0.29) is 23.0 Å². The summed E-state index contributed by atoms with van der Waals surface area (Å²) in [7, 11) is -2.40. The molecule has 0 saturated carbocycles. The molecular weight excluding hydrogens is 284 g/mol. The summed E-state index contributed by atoms with van der Waals surface area (Å²) in [6.07, 6.45) is 1.88. The molecule has 0 radical (unpaired) electrons. The molecule has 0 aromatic carbocycles. The van der Waals surface area contributed by atoms with E-state index in [2.05, 4.69) is 10.0 Å². The largest absolute Gasteiger partial charge is 0.438 e. The molecule has 8 heteroatoms. The van der Waals surface area contributed by atoms with Crippen molar-refractivity contribution in [2.75, 3.05) is 13.7 Å². The number of hydrogen-bond acceptors (Lipinski definition) is 5. The van der Waals surface area contributed by atoms with Gasteiger partial charge in [-0.15, -0.1) is 0 Å². The van der Waals surface area contributed by atoms with Crippen LogP contribution in [0.1, 0.15) is 30.3 Å². The summed E-state index contributed by atoms with van der Waals surface area (Å²) in [5, 5.41) is 2.47. The molecule has 2 unspecified atom stereocenters. The van der Waals surface area contributed by atoms with Crippen molar-refractivity contribution >= 4 is 15.9 Å². The fourth-order valence-electron chi connectivity index (χ4n) is 2.05. The predicted molar refractivity (Wildman–Crippen MR) is 70.9 cm³/mol. The first-order valence-electron chi connectivity index (χ1n) is 6.40. The highest BCUT2D eigenvalue weighted by Gasteiger charge is 2.26. The lowest BCUT2D eigenvalue weighted by molar-refractivity contribution is 0.0693. The fourth-order valence-corrected chi connectivity index (χ4v) is 2.70. The van der Waals surface area contributed by atoms with Crippen molar-refractivity contribution in [1.29, 1.82) is 0 Å². The Bertz CT molecular complexity index is 574. The van der Waals surface area contributed by atoms with E-state index in [1.165, 1.54) is 19.2 Å². The van der Waals surface area contributed by atoms with Gasteiger partial charge in [-0.2, -0.15) is 0 Å². The number of sulfonamides is 1. The van der Waals surface area contributed by atoms with Gasteiger partial charge in [0.2, 0.25) is 5.09 Å². The van der Waals surface area contributed by atoms with Gasteiger partial charge < -0.3 is 14.5 Å². The lowest BCUT2D eigenvalue weighted by atomic mass is 10.1. The summed E-state index contributed by atoms with van der Waals surface area (Å²) in [5.41, 5.74) is 0. The summed E-state index contributed by atoms with van der Waals surface area (Å²) in [4.78, 5) is 12.0. The molecule has 0 bridgehead atoms. The van der Waals surface area contributed by atoms with Gasteiger partial charge in [0.1, 0.15) is 0 Å². The predicted octanol–water partition coefficient (Wildman–Crippen LogP) is 0.485. The monoisotopic (exact) mass is 302 g/mol. The van der Waals surface area contributed by atoms with E-state index in [9.17, 15) is 13.2 Å². The molecule has 1 amide bonds. The summed E-state index contributed by atoms with van der Waals surface area (Å²) >= 11 is 0. The Hall–Kier alpha value is -1.38. The zero-order chi connectivity index (χ0) is 14.8. The van der Waals surface area contributed by atoms with Crippen molar-refractivity contribution in [1.82, 2.24) is 10.0 Å². The standard InChI is InChI=1S/C12H18N2O5S/c1-8(9-4-3-7-18-9)14-12(15)10-5-6-11(19-10)20(16,17)13-2/h5-6,8-9,13H,3-4,7H2,1-2H3,(H,14,15). The van der Waals surface area contributed by atoms with Crippen LogP contribution in [0.3, 0.4) is 0 Å². The first kappa shape index (κ1) is 15.0. The third-order valence-corrected chi connectivity index (χ3v) is 4.51. The zero-order valence-corrected chi connectivity index (χ0v) is 12.2. The first-order chi connectivity index (χ1) is 9.44. The van der Waals surface area contributed by atoms with E-state index >= 15 is 0 Å². The zero-order valence-electron chi connectivity index (χ0n) is 11.4. The molecule has 0 aliphatic carbocycles. The number of carbonyl (C=O) groups excluding carboxylic acids is 1. The number of hydrogen-bond donors (Lipinski definition) is 2. The van der Waals surface area contributed by atoms with Crippen LogP contribution in [0.2, 0.25) is 0 Å². The van der Waals surface area contributed by atoms with E-state index in [4.69, 9.17) is 9.15 Å². The van der Waals surface area contributed by atoms with Crippen molar-refractivity contribution in [3.8, 4) is 0 Å². The van der Waals surface area contributed by atoms with Gasteiger partial charge in [-0.3, -0.25) is 4.79 Å². The van der Waals surface area contributed by atoms with Crippen molar-refractivity contribution < 1.29 is 22.4 Å². The minimum Gasteiger partial charge on any atom is -0.438 e. The molecular formula is C12H18N2O5S. The molecule has 2 heterocycles. The summed E-state index contributed by atoms with van der Waals surface area (Å²) in [6.45, 7) is 2.55. The van der Waals surface area contributed by atoms with Gasteiger partial charge in [0, 0.05) is 6.61 Å². The van der Waals surface area contributed by atoms with Crippen LogP contribution >= 0.6 is 0 Å². The Balaban J connectivity index is 2.03. The Morgan fingerprint density at radius 2 is 2.20 bits per heavy atom. The number of nitrogens with one attached hydrogen (secondary N) is 2. The SMILES string of the molecule is CNS(=O)(=O)c1ccc(C(=O)NC(C)C2CCCO2)o1. The molecule has 0 spiro atoms. The van der Waals surface area contributed by atoms with Crippen LogP contribution in [-0.2, 0) is 14.8 Å². The average molecular weight is 302 g/mol. The lowest BCUT2D eigenvalue weighted by Gasteiger charge is -2.19. The van der Waals surface area contributed by atoms with Crippen LogP contribution in [0.5, 0.6) is 0 Å². The number of ether oxygens (including phenoxy) is 1. The normalized spacial score (nSPS) is 20.8. The molecule has 1 aliphatic rings. The van der Waals surface area contributed by atoms with Gasteiger partial charge in [0.05, 0.1) is 12.1 Å².